The van der Waals surface area contributed by atoms with Crippen molar-refractivity contribution in [3.63, 3.8) is 0 Å². The van der Waals surface area contributed by atoms with Crippen LogP contribution in [-0.4, -0.2) is 48.8 Å². The Hall–Kier alpha value is -0.580. The van der Waals surface area contributed by atoms with E-state index in [0.29, 0.717) is 18.6 Å². The molecule has 1 aromatic rings. The molecular formula is C16H23BrN2O. The minimum atomic E-state index is 0.353. The van der Waals surface area contributed by atoms with Gasteiger partial charge in [0.1, 0.15) is 0 Å². The van der Waals surface area contributed by atoms with E-state index in [2.05, 4.69) is 50.0 Å². The fourth-order valence-corrected chi connectivity index (χ4v) is 4.06. The second-order valence-corrected chi connectivity index (χ2v) is 6.86. The predicted octanol–water partition coefficient (Wildman–Crippen LogP) is 2.73. The number of rotatable bonds is 3. The standard InChI is InChI=1S/C16H23BrN2O/c17-15-3-1-2-4-16(15)18-9-6-14(7-10-18)19-8-5-13(11-19)12-20/h1-4,13-14,20H,5-12H2. The molecule has 4 heteroatoms. The molecule has 1 unspecified atom stereocenters. The van der Waals surface area contributed by atoms with Crippen molar-refractivity contribution in [1.82, 2.24) is 4.90 Å². The van der Waals surface area contributed by atoms with Crippen LogP contribution in [0.2, 0.25) is 0 Å². The number of piperidine rings is 1. The first-order valence-corrected chi connectivity index (χ1v) is 8.41. The summed E-state index contributed by atoms with van der Waals surface area (Å²) in [7, 11) is 0. The van der Waals surface area contributed by atoms with Crippen molar-refractivity contribution in [2.75, 3.05) is 37.7 Å². The third-order valence-electron chi connectivity index (χ3n) is 4.75. The van der Waals surface area contributed by atoms with Crippen LogP contribution in [0.3, 0.4) is 0 Å². The highest BCUT2D eigenvalue weighted by atomic mass is 79.9. The number of anilines is 1. The van der Waals surface area contributed by atoms with Crippen LogP contribution in [0.15, 0.2) is 28.7 Å². The van der Waals surface area contributed by atoms with E-state index < -0.39 is 0 Å². The Kier molecular flexibility index (Phi) is 4.64. The number of nitrogens with zero attached hydrogens (tertiary/aromatic N) is 2. The van der Waals surface area contributed by atoms with Gasteiger partial charge in [-0.2, -0.15) is 0 Å². The maximum Gasteiger partial charge on any atom is 0.0510 e. The van der Waals surface area contributed by atoms with Crippen molar-refractivity contribution in [1.29, 1.82) is 0 Å². The van der Waals surface area contributed by atoms with Gasteiger partial charge in [-0.15, -0.1) is 0 Å². The normalized spacial score (nSPS) is 25.3. The first-order chi connectivity index (χ1) is 9.78. The van der Waals surface area contributed by atoms with E-state index in [0.717, 1.165) is 19.6 Å². The lowest BCUT2D eigenvalue weighted by atomic mass is 10.0. The molecule has 0 aliphatic carbocycles. The minimum absolute atomic E-state index is 0.353. The second-order valence-electron chi connectivity index (χ2n) is 6.00. The van der Waals surface area contributed by atoms with Gasteiger partial charge in [0.25, 0.3) is 0 Å². The van der Waals surface area contributed by atoms with Gasteiger partial charge < -0.3 is 10.0 Å². The number of para-hydroxylation sites is 1. The fourth-order valence-electron chi connectivity index (χ4n) is 3.52. The Morgan fingerprint density at radius 2 is 1.85 bits per heavy atom. The second kappa shape index (κ2) is 6.46. The fraction of sp³-hybridized carbons (Fsp3) is 0.625. The van der Waals surface area contributed by atoms with Crippen molar-refractivity contribution >= 4 is 21.6 Å². The summed E-state index contributed by atoms with van der Waals surface area (Å²) in [6.07, 6.45) is 3.64. The lowest BCUT2D eigenvalue weighted by Gasteiger charge is -2.38. The van der Waals surface area contributed by atoms with Crippen molar-refractivity contribution in [3.8, 4) is 0 Å². The number of hydrogen-bond donors (Lipinski definition) is 1. The third kappa shape index (κ3) is 3.02. The zero-order valence-electron chi connectivity index (χ0n) is 11.8. The van der Waals surface area contributed by atoms with Crippen LogP contribution in [0.25, 0.3) is 0 Å². The van der Waals surface area contributed by atoms with Crippen LogP contribution in [0, 0.1) is 5.92 Å². The van der Waals surface area contributed by atoms with Gasteiger partial charge >= 0.3 is 0 Å². The summed E-state index contributed by atoms with van der Waals surface area (Å²) in [4.78, 5) is 5.08. The zero-order valence-corrected chi connectivity index (χ0v) is 13.4. The van der Waals surface area contributed by atoms with Crippen LogP contribution < -0.4 is 4.90 Å². The molecule has 1 atom stereocenters. The Bertz CT molecular complexity index is 446. The number of aliphatic hydroxyl groups is 1. The van der Waals surface area contributed by atoms with Gasteiger partial charge in [0.15, 0.2) is 0 Å². The maximum atomic E-state index is 9.26. The molecule has 0 amide bonds. The van der Waals surface area contributed by atoms with Crippen LogP contribution in [0.5, 0.6) is 0 Å². The van der Waals surface area contributed by atoms with Crippen molar-refractivity contribution < 1.29 is 5.11 Å². The van der Waals surface area contributed by atoms with Crippen molar-refractivity contribution in [3.05, 3.63) is 28.7 Å². The minimum Gasteiger partial charge on any atom is -0.396 e. The quantitative estimate of drug-likeness (QED) is 0.917. The Morgan fingerprint density at radius 3 is 2.50 bits per heavy atom. The van der Waals surface area contributed by atoms with Gasteiger partial charge in [-0.3, -0.25) is 4.90 Å². The van der Waals surface area contributed by atoms with Crippen molar-refractivity contribution in [2.45, 2.75) is 25.3 Å². The molecule has 3 rings (SSSR count). The Balaban J connectivity index is 1.56. The average molecular weight is 339 g/mol. The molecule has 0 aromatic heterocycles. The highest BCUT2D eigenvalue weighted by Crippen LogP contribution is 2.30. The Labute approximate surface area is 129 Å². The summed E-state index contributed by atoms with van der Waals surface area (Å²) in [5.41, 5.74) is 1.32. The van der Waals surface area contributed by atoms with E-state index in [-0.39, 0.29) is 0 Å². The van der Waals surface area contributed by atoms with Crippen LogP contribution in [0.1, 0.15) is 19.3 Å². The van der Waals surface area contributed by atoms with Gasteiger partial charge in [-0.25, -0.2) is 0 Å². The molecule has 3 nitrogen and oxygen atoms in total. The van der Waals surface area contributed by atoms with E-state index in [1.807, 2.05) is 0 Å². The molecule has 2 fully saturated rings. The lowest BCUT2D eigenvalue weighted by molar-refractivity contribution is 0.180. The molecule has 20 heavy (non-hydrogen) atoms. The molecule has 0 radical (unpaired) electrons. The van der Waals surface area contributed by atoms with Crippen molar-refractivity contribution in [2.24, 2.45) is 5.92 Å². The van der Waals surface area contributed by atoms with Gasteiger partial charge in [0.05, 0.1) is 5.69 Å². The molecule has 2 saturated heterocycles. The van der Waals surface area contributed by atoms with E-state index in [9.17, 15) is 5.11 Å². The number of likely N-dealkylation sites (tertiary alicyclic amines) is 1. The zero-order chi connectivity index (χ0) is 13.9. The highest BCUT2D eigenvalue weighted by Gasteiger charge is 2.30. The van der Waals surface area contributed by atoms with Crippen LogP contribution >= 0.6 is 15.9 Å². The van der Waals surface area contributed by atoms with Crippen LogP contribution in [0.4, 0.5) is 5.69 Å². The molecule has 110 valence electrons. The molecule has 0 bridgehead atoms. The molecule has 1 N–H and O–H groups in total. The van der Waals surface area contributed by atoms with Gasteiger partial charge in [0.2, 0.25) is 0 Å². The van der Waals surface area contributed by atoms with Gasteiger partial charge in [-0.1, -0.05) is 12.1 Å². The van der Waals surface area contributed by atoms with E-state index in [1.54, 1.807) is 0 Å². The molecule has 1 aromatic carbocycles. The number of aliphatic hydroxyl groups excluding tert-OH is 1. The summed E-state index contributed by atoms with van der Waals surface area (Å²) < 4.78 is 1.19. The van der Waals surface area contributed by atoms with E-state index in [1.165, 1.54) is 36.0 Å². The van der Waals surface area contributed by atoms with E-state index in [4.69, 9.17) is 0 Å². The predicted molar refractivity (Wildman–Crippen MR) is 86.1 cm³/mol. The molecule has 2 aliphatic rings. The van der Waals surface area contributed by atoms with Crippen LogP contribution in [-0.2, 0) is 0 Å². The largest absolute Gasteiger partial charge is 0.396 e. The third-order valence-corrected chi connectivity index (χ3v) is 5.42. The molecule has 0 saturated carbocycles. The number of hydrogen-bond acceptors (Lipinski definition) is 3. The molecule has 0 spiro atoms. The van der Waals surface area contributed by atoms with Gasteiger partial charge in [-0.05, 0) is 59.8 Å². The highest BCUT2D eigenvalue weighted by molar-refractivity contribution is 9.10. The first-order valence-electron chi connectivity index (χ1n) is 7.62. The molecular weight excluding hydrogens is 316 g/mol. The molecule has 2 heterocycles. The maximum absolute atomic E-state index is 9.26. The lowest BCUT2D eigenvalue weighted by Crippen LogP contribution is -2.44. The smallest absolute Gasteiger partial charge is 0.0510 e. The molecule has 2 aliphatic heterocycles. The Morgan fingerprint density at radius 1 is 1.10 bits per heavy atom. The summed E-state index contributed by atoms with van der Waals surface area (Å²) in [6, 6.07) is 9.21. The summed E-state index contributed by atoms with van der Waals surface area (Å²) in [5.74, 6) is 0.510. The number of benzene rings is 1. The SMILES string of the molecule is OCC1CCN(C2CCN(c3ccccc3Br)CC2)C1. The number of halogens is 1. The monoisotopic (exact) mass is 338 g/mol. The van der Waals surface area contributed by atoms with Gasteiger partial charge in [0, 0.05) is 36.8 Å². The summed E-state index contributed by atoms with van der Waals surface area (Å²) in [6.45, 7) is 4.88. The first kappa shape index (κ1) is 14.4. The summed E-state index contributed by atoms with van der Waals surface area (Å²) in [5, 5.41) is 9.26. The van der Waals surface area contributed by atoms with E-state index >= 15 is 0 Å². The summed E-state index contributed by atoms with van der Waals surface area (Å²) >= 11 is 3.65. The topological polar surface area (TPSA) is 26.7 Å². The average Bonchev–Trinajstić information content (AvgIpc) is 2.97.